The van der Waals surface area contributed by atoms with E-state index >= 15 is 0 Å². The van der Waals surface area contributed by atoms with E-state index in [2.05, 4.69) is 10.6 Å². The molecule has 4 heteroatoms. The maximum atomic E-state index is 11.0. The highest BCUT2D eigenvalue weighted by molar-refractivity contribution is 5.77. The van der Waals surface area contributed by atoms with Crippen molar-refractivity contribution < 1.29 is 9.53 Å². The van der Waals surface area contributed by atoms with Gasteiger partial charge in [-0.3, -0.25) is 4.79 Å². The Morgan fingerprint density at radius 1 is 1.67 bits per heavy atom. The molecule has 1 fully saturated rings. The van der Waals surface area contributed by atoms with Crippen molar-refractivity contribution in [2.24, 2.45) is 0 Å². The lowest BCUT2D eigenvalue weighted by Gasteiger charge is -2.26. The van der Waals surface area contributed by atoms with Crippen LogP contribution in [-0.4, -0.2) is 37.7 Å². The Balaban J connectivity index is 2.01. The van der Waals surface area contributed by atoms with E-state index in [-0.39, 0.29) is 24.7 Å². The summed E-state index contributed by atoms with van der Waals surface area (Å²) >= 11 is 0. The lowest BCUT2D eigenvalue weighted by Crippen LogP contribution is -2.49. The minimum atomic E-state index is -0.0306. The molecule has 1 saturated heterocycles. The molecule has 0 aromatic heterocycles. The SMILES string of the molecule is CC(C)NC(=O)COC1CNC1. The third-order valence-corrected chi connectivity index (χ3v) is 1.64. The van der Waals surface area contributed by atoms with Crippen molar-refractivity contribution in [3.8, 4) is 0 Å². The smallest absolute Gasteiger partial charge is 0.246 e. The van der Waals surface area contributed by atoms with E-state index in [1.165, 1.54) is 0 Å². The molecule has 0 bridgehead atoms. The fourth-order valence-corrected chi connectivity index (χ4v) is 0.937. The molecule has 4 nitrogen and oxygen atoms in total. The summed E-state index contributed by atoms with van der Waals surface area (Å²) in [5.41, 5.74) is 0. The van der Waals surface area contributed by atoms with E-state index in [9.17, 15) is 4.79 Å². The van der Waals surface area contributed by atoms with E-state index in [0.717, 1.165) is 13.1 Å². The van der Waals surface area contributed by atoms with Gasteiger partial charge in [0.15, 0.2) is 0 Å². The summed E-state index contributed by atoms with van der Waals surface area (Å²) in [7, 11) is 0. The number of carbonyl (C=O) groups is 1. The number of carbonyl (C=O) groups excluding carboxylic acids is 1. The molecule has 1 heterocycles. The molecule has 0 saturated carbocycles. The third kappa shape index (κ3) is 3.19. The van der Waals surface area contributed by atoms with Crippen LogP contribution in [0.2, 0.25) is 0 Å². The molecule has 0 spiro atoms. The topological polar surface area (TPSA) is 50.4 Å². The van der Waals surface area contributed by atoms with Crippen LogP contribution in [0.4, 0.5) is 0 Å². The predicted molar refractivity (Wildman–Crippen MR) is 45.9 cm³/mol. The third-order valence-electron chi connectivity index (χ3n) is 1.64. The molecule has 70 valence electrons. The van der Waals surface area contributed by atoms with Crippen molar-refractivity contribution in [1.29, 1.82) is 0 Å². The van der Waals surface area contributed by atoms with Crippen LogP contribution in [0.25, 0.3) is 0 Å². The highest BCUT2D eigenvalue weighted by Gasteiger charge is 2.18. The van der Waals surface area contributed by atoms with Gasteiger partial charge in [-0.05, 0) is 13.8 Å². The van der Waals surface area contributed by atoms with E-state index in [4.69, 9.17) is 4.74 Å². The fourth-order valence-electron chi connectivity index (χ4n) is 0.937. The molecule has 0 unspecified atom stereocenters. The zero-order valence-electron chi connectivity index (χ0n) is 7.59. The molecule has 0 atom stereocenters. The average Bonchev–Trinajstić information content (AvgIpc) is 1.81. The summed E-state index contributed by atoms with van der Waals surface area (Å²) in [5.74, 6) is -0.0306. The van der Waals surface area contributed by atoms with Gasteiger partial charge >= 0.3 is 0 Å². The van der Waals surface area contributed by atoms with Crippen LogP contribution >= 0.6 is 0 Å². The first-order valence-electron chi connectivity index (χ1n) is 4.30. The summed E-state index contributed by atoms with van der Waals surface area (Å²) in [6.45, 7) is 5.79. The van der Waals surface area contributed by atoms with Crippen LogP contribution in [0.1, 0.15) is 13.8 Å². The van der Waals surface area contributed by atoms with Gasteiger partial charge in [-0.2, -0.15) is 0 Å². The summed E-state index contributed by atoms with van der Waals surface area (Å²) < 4.78 is 5.27. The highest BCUT2D eigenvalue weighted by Crippen LogP contribution is 1.96. The van der Waals surface area contributed by atoms with Gasteiger partial charge < -0.3 is 15.4 Å². The van der Waals surface area contributed by atoms with Crippen LogP contribution in [-0.2, 0) is 9.53 Å². The van der Waals surface area contributed by atoms with Gasteiger partial charge in [-0.15, -0.1) is 0 Å². The number of nitrogens with one attached hydrogen (secondary N) is 2. The van der Waals surface area contributed by atoms with E-state index < -0.39 is 0 Å². The number of hydrogen-bond donors (Lipinski definition) is 2. The molecule has 12 heavy (non-hydrogen) atoms. The van der Waals surface area contributed by atoms with Crippen molar-refractivity contribution in [1.82, 2.24) is 10.6 Å². The van der Waals surface area contributed by atoms with E-state index in [0.29, 0.717) is 0 Å². The number of amides is 1. The standard InChI is InChI=1S/C8H16N2O2/c1-6(2)10-8(11)5-12-7-3-9-4-7/h6-7,9H,3-5H2,1-2H3,(H,10,11). The maximum Gasteiger partial charge on any atom is 0.246 e. The Morgan fingerprint density at radius 3 is 2.75 bits per heavy atom. The average molecular weight is 172 g/mol. The molecule has 0 radical (unpaired) electrons. The lowest BCUT2D eigenvalue weighted by atomic mass is 10.2. The van der Waals surface area contributed by atoms with Gasteiger partial charge in [0.25, 0.3) is 0 Å². The van der Waals surface area contributed by atoms with Crippen LogP contribution in [0.3, 0.4) is 0 Å². The zero-order chi connectivity index (χ0) is 8.97. The lowest BCUT2D eigenvalue weighted by molar-refractivity contribution is -0.129. The second kappa shape index (κ2) is 4.42. The van der Waals surface area contributed by atoms with Gasteiger partial charge in [0.05, 0.1) is 6.10 Å². The quantitative estimate of drug-likeness (QED) is 0.601. The largest absolute Gasteiger partial charge is 0.366 e. The Bertz CT molecular complexity index is 155. The van der Waals surface area contributed by atoms with Crippen molar-refractivity contribution in [2.45, 2.75) is 26.0 Å². The molecule has 2 N–H and O–H groups in total. The van der Waals surface area contributed by atoms with Crippen LogP contribution < -0.4 is 10.6 Å². The van der Waals surface area contributed by atoms with Gasteiger partial charge in [-0.25, -0.2) is 0 Å². The Morgan fingerprint density at radius 2 is 2.33 bits per heavy atom. The summed E-state index contributed by atoms with van der Waals surface area (Å²) in [5, 5.41) is 5.83. The molecule has 0 aromatic carbocycles. The second-order valence-corrected chi connectivity index (χ2v) is 3.31. The van der Waals surface area contributed by atoms with Crippen LogP contribution in [0.15, 0.2) is 0 Å². The Kier molecular flexibility index (Phi) is 3.49. The minimum Gasteiger partial charge on any atom is -0.366 e. The zero-order valence-corrected chi connectivity index (χ0v) is 7.59. The highest BCUT2D eigenvalue weighted by atomic mass is 16.5. The Labute approximate surface area is 72.7 Å². The van der Waals surface area contributed by atoms with Gasteiger partial charge in [-0.1, -0.05) is 0 Å². The first-order chi connectivity index (χ1) is 5.68. The number of ether oxygens (including phenoxy) is 1. The summed E-state index contributed by atoms with van der Waals surface area (Å²) in [6, 6.07) is 0.195. The van der Waals surface area contributed by atoms with Crippen LogP contribution in [0.5, 0.6) is 0 Å². The van der Waals surface area contributed by atoms with E-state index in [1.807, 2.05) is 13.8 Å². The first kappa shape index (κ1) is 9.48. The summed E-state index contributed by atoms with van der Waals surface area (Å²) in [4.78, 5) is 11.0. The fraction of sp³-hybridized carbons (Fsp3) is 0.875. The van der Waals surface area contributed by atoms with E-state index in [1.54, 1.807) is 0 Å². The van der Waals surface area contributed by atoms with Crippen molar-refractivity contribution in [3.63, 3.8) is 0 Å². The molecular formula is C8H16N2O2. The number of hydrogen-bond acceptors (Lipinski definition) is 3. The second-order valence-electron chi connectivity index (χ2n) is 3.31. The van der Waals surface area contributed by atoms with Crippen LogP contribution in [0, 0.1) is 0 Å². The molecule has 1 amide bonds. The number of rotatable bonds is 4. The van der Waals surface area contributed by atoms with Gasteiger partial charge in [0.1, 0.15) is 6.61 Å². The van der Waals surface area contributed by atoms with Crippen molar-refractivity contribution in [3.05, 3.63) is 0 Å². The molecule has 1 rings (SSSR count). The molecule has 1 aliphatic rings. The molecule has 1 aliphatic heterocycles. The minimum absolute atomic E-state index is 0.0306. The normalized spacial score (nSPS) is 17.6. The van der Waals surface area contributed by atoms with Crippen molar-refractivity contribution in [2.75, 3.05) is 19.7 Å². The summed E-state index contributed by atoms with van der Waals surface area (Å²) in [6.07, 6.45) is 0.239. The monoisotopic (exact) mass is 172 g/mol. The van der Waals surface area contributed by atoms with Gasteiger partial charge in [0.2, 0.25) is 5.91 Å². The van der Waals surface area contributed by atoms with Crippen molar-refractivity contribution >= 4 is 5.91 Å². The first-order valence-corrected chi connectivity index (χ1v) is 4.30. The molecule has 0 aromatic rings. The molecule has 0 aliphatic carbocycles. The Hall–Kier alpha value is -0.610. The molecular weight excluding hydrogens is 156 g/mol. The maximum absolute atomic E-state index is 11.0. The van der Waals surface area contributed by atoms with Gasteiger partial charge in [0, 0.05) is 19.1 Å². The predicted octanol–water partition coefficient (Wildman–Crippen LogP) is -0.501.